The highest BCUT2D eigenvalue weighted by Crippen LogP contribution is 2.24. The predicted molar refractivity (Wildman–Crippen MR) is 63.9 cm³/mol. The second kappa shape index (κ2) is 4.59. The van der Waals surface area contributed by atoms with Crippen molar-refractivity contribution >= 4 is 22.7 Å². The van der Waals surface area contributed by atoms with Crippen LogP contribution in [0.25, 0.3) is 10.9 Å². The van der Waals surface area contributed by atoms with Gasteiger partial charge in [0.15, 0.2) is 0 Å². The molecule has 4 heteroatoms. The Labute approximate surface area is 93.1 Å². The smallest absolute Gasteiger partial charge is 0.117 e. The largest absolute Gasteiger partial charge is 0.327 e. The topological polar surface area (TPSA) is 51.8 Å². The van der Waals surface area contributed by atoms with Gasteiger partial charge in [-0.25, -0.2) is 9.97 Å². The van der Waals surface area contributed by atoms with E-state index < -0.39 is 0 Å². The zero-order valence-corrected chi connectivity index (χ0v) is 9.37. The molecule has 3 nitrogen and oxygen atoms in total. The van der Waals surface area contributed by atoms with Crippen molar-refractivity contribution in [3.05, 3.63) is 30.6 Å². The van der Waals surface area contributed by atoms with Crippen LogP contribution in [0.5, 0.6) is 0 Å². The van der Waals surface area contributed by atoms with Crippen LogP contribution in [0.2, 0.25) is 0 Å². The number of nitrogens with two attached hydrogens (primary N) is 1. The number of hydrogen-bond acceptors (Lipinski definition) is 4. The highest BCUT2D eigenvalue weighted by Gasteiger charge is 2.04. The molecule has 2 N–H and O–H groups in total. The fourth-order valence-electron chi connectivity index (χ4n) is 1.31. The minimum Gasteiger partial charge on any atom is -0.327 e. The average Bonchev–Trinajstić information content (AvgIpc) is 2.26. The molecule has 0 aliphatic heterocycles. The Hall–Kier alpha value is -1.13. The van der Waals surface area contributed by atoms with Crippen LogP contribution in [0.4, 0.5) is 0 Å². The molecule has 1 aromatic carbocycles. The molecule has 0 spiro atoms. The van der Waals surface area contributed by atoms with Crippen molar-refractivity contribution in [3.8, 4) is 0 Å². The van der Waals surface area contributed by atoms with E-state index in [1.54, 1.807) is 18.1 Å². The standard InChI is InChI=1S/C11H13N3S/c1-8(12)6-15-11-9-4-2-3-5-10(9)13-7-14-11/h2-5,7-8H,6,12H2,1H3/t8-/m0/s1. The van der Waals surface area contributed by atoms with Crippen LogP contribution in [0.3, 0.4) is 0 Å². The third kappa shape index (κ3) is 2.46. The van der Waals surface area contributed by atoms with Gasteiger partial charge in [0.1, 0.15) is 11.4 Å². The number of hydrogen-bond donors (Lipinski definition) is 1. The number of nitrogens with zero attached hydrogens (tertiary/aromatic N) is 2. The molecule has 0 aliphatic carbocycles. The first kappa shape index (κ1) is 10.4. The number of aromatic nitrogens is 2. The van der Waals surface area contributed by atoms with E-state index in [4.69, 9.17) is 5.73 Å². The SMILES string of the molecule is C[C@H](N)CSc1ncnc2ccccc12. The zero-order chi connectivity index (χ0) is 10.7. The summed E-state index contributed by atoms with van der Waals surface area (Å²) in [5, 5.41) is 2.11. The summed E-state index contributed by atoms with van der Waals surface area (Å²) >= 11 is 1.68. The summed E-state index contributed by atoms with van der Waals surface area (Å²) in [6, 6.07) is 8.20. The molecular weight excluding hydrogens is 206 g/mol. The second-order valence-corrected chi connectivity index (χ2v) is 4.49. The van der Waals surface area contributed by atoms with Crippen LogP contribution in [0.1, 0.15) is 6.92 Å². The Kier molecular flexibility index (Phi) is 3.18. The highest BCUT2D eigenvalue weighted by atomic mass is 32.2. The number of thioether (sulfide) groups is 1. The van der Waals surface area contributed by atoms with Crippen molar-refractivity contribution in [2.24, 2.45) is 5.73 Å². The normalized spacial score (nSPS) is 12.9. The van der Waals surface area contributed by atoms with Gasteiger partial charge in [0.05, 0.1) is 5.52 Å². The number of fused-ring (bicyclic) bond motifs is 1. The van der Waals surface area contributed by atoms with Gasteiger partial charge in [-0.2, -0.15) is 0 Å². The Bertz CT molecular complexity index is 451. The van der Waals surface area contributed by atoms with E-state index in [1.807, 2.05) is 31.2 Å². The van der Waals surface area contributed by atoms with Crippen LogP contribution in [0.15, 0.2) is 35.6 Å². The summed E-state index contributed by atoms with van der Waals surface area (Å²) in [5.74, 6) is 0.876. The monoisotopic (exact) mass is 219 g/mol. The van der Waals surface area contributed by atoms with Crippen LogP contribution in [-0.2, 0) is 0 Å². The summed E-state index contributed by atoms with van der Waals surface area (Å²) in [4.78, 5) is 8.49. The van der Waals surface area contributed by atoms with Crippen molar-refractivity contribution in [1.29, 1.82) is 0 Å². The van der Waals surface area contributed by atoms with Crippen molar-refractivity contribution in [1.82, 2.24) is 9.97 Å². The van der Waals surface area contributed by atoms with Crippen molar-refractivity contribution < 1.29 is 0 Å². The molecule has 0 aliphatic rings. The van der Waals surface area contributed by atoms with Crippen LogP contribution in [0, 0.1) is 0 Å². The number of benzene rings is 1. The molecule has 15 heavy (non-hydrogen) atoms. The minimum absolute atomic E-state index is 0.184. The van der Waals surface area contributed by atoms with E-state index in [1.165, 1.54) is 0 Å². The van der Waals surface area contributed by atoms with Gasteiger partial charge in [-0.15, -0.1) is 11.8 Å². The molecule has 2 aromatic rings. The number of rotatable bonds is 3. The Balaban J connectivity index is 2.34. The number of para-hydroxylation sites is 1. The van der Waals surface area contributed by atoms with E-state index in [2.05, 4.69) is 9.97 Å². The zero-order valence-electron chi connectivity index (χ0n) is 8.55. The van der Waals surface area contributed by atoms with Gasteiger partial charge in [-0.3, -0.25) is 0 Å². The summed E-state index contributed by atoms with van der Waals surface area (Å²) in [5.41, 5.74) is 6.71. The van der Waals surface area contributed by atoms with Crippen molar-refractivity contribution in [2.75, 3.05) is 5.75 Å². The van der Waals surface area contributed by atoms with E-state index in [0.717, 1.165) is 21.7 Å². The lowest BCUT2D eigenvalue weighted by molar-refractivity contribution is 0.846. The van der Waals surface area contributed by atoms with E-state index >= 15 is 0 Å². The molecule has 0 saturated carbocycles. The molecule has 0 saturated heterocycles. The van der Waals surface area contributed by atoms with Crippen molar-refractivity contribution in [2.45, 2.75) is 18.0 Å². The Morgan fingerprint density at radius 2 is 2.13 bits per heavy atom. The van der Waals surface area contributed by atoms with E-state index in [0.29, 0.717) is 0 Å². The molecular formula is C11H13N3S. The molecule has 0 radical (unpaired) electrons. The fourth-order valence-corrected chi connectivity index (χ4v) is 2.18. The molecule has 1 aromatic heterocycles. The minimum atomic E-state index is 0.184. The fraction of sp³-hybridized carbons (Fsp3) is 0.273. The van der Waals surface area contributed by atoms with Gasteiger partial charge in [-0.1, -0.05) is 18.2 Å². The molecule has 2 rings (SSSR count). The molecule has 0 amide bonds. The van der Waals surface area contributed by atoms with Gasteiger partial charge in [-0.05, 0) is 13.0 Å². The second-order valence-electron chi connectivity index (χ2n) is 3.48. The molecule has 1 atom stereocenters. The van der Waals surface area contributed by atoms with Gasteiger partial charge < -0.3 is 5.73 Å². The molecule has 0 bridgehead atoms. The maximum Gasteiger partial charge on any atom is 0.117 e. The third-order valence-corrected chi connectivity index (χ3v) is 3.28. The highest BCUT2D eigenvalue weighted by molar-refractivity contribution is 7.99. The molecule has 1 heterocycles. The summed E-state index contributed by atoms with van der Waals surface area (Å²) in [6.45, 7) is 2.00. The van der Waals surface area contributed by atoms with Gasteiger partial charge in [0, 0.05) is 17.2 Å². The lowest BCUT2D eigenvalue weighted by Gasteiger charge is -2.06. The lowest BCUT2D eigenvalue weighted by atomic mass is 10.2. The van der Waals surface area contributed by atoms with E-state index in [9.17, 15) is 0 Å². The quantitative estimate of drug-likeness (QED) is 0.634. The average molecular weight is 219 g/mol. The predicted octanol–water partition coefficient (Wildman–Crippen LogP) is 2.07. The maximum atomic E-state index is 5.72. The molecule has 0 unspecified atom stereocenters. The van der Waals surface area contributed by atoms with Gasteiger partial charge in [0.2, 0.25) is 0 Å². The first-order chi connectivity index (χ1) is 7.27. The third-order valence-electron chi connectivity index (χ3n) is 1.99. The van der Waals surface area contributed by atoms with Crippen LogP contribution >= 0.6 is 11.8 Å². The Morgan fingerprint density at radius 3 is 2.93 bits per heavy atom. The van der Waals surface area contributed by atoms with Crippen LogP contribution in [-0.4, -0.2) is 21.8 Å². The van der Waals surface area contributed by atoms with E-state index in [-0.39, 0.29) is 6.04 Å². The molecule has 78 valence electrons. The van der Waals surface area contributed by atoms with Gasteiger partial charge >= 0.3 is 0 Å². The van der Waals surface area contributed by atoms with Crippen molar-refractivity contribution in [3.63, 3.8) is 0 Å². The summed E-state index contributed by atoms with van der Waals surface area (Å²) < 4.78 is 0. The first-order valence-electron chi connectivity index (χ1n) is 4.85. The first-order valence-corrected chi connectivity index (χ1v) is 5.84. The lowest BCUT2D eigenvalue weighted by Crippen LogP contribution is -2.17. The summed E-state index contributed by atoms with van der Waals surface area (Å²) in [6.07, 6.45) is 1.60. The maximum absolute atomic E-state index is 5.72. The summed E-state index contributed by atoms with van der Waals surface area (Å²) in [7, 11) is 0. The van der Waals surface area contributed by atoms with Crippen LogP contribution < -0.4 is 5.73 Å². The molecule has 0 fully saturated rings. The van der Waals surface area contributed by atoms with Gasteiger partial charge in [0.25, 0.3) is 0 Å². The Morgan fingerprint density at radius 1 is 1.33 bits per heavy atom.